The third-order valence-corrected chi connectivity index (χ3v) is 5.00. The Labute approximate surface area is 199 Å². The van der Waals surface area contributed by atoms with Crippen molar-refractivity contribution in [2.24, 2.45) is 0 Å². The summed E-state index contributed by atoms with van der Waals surface area (Å²) < 4.78 is 37.8. The van der Waals surface area contributed by atoms with E-state index in [2.05, 4.69) is 20.6 Å². The number of nitrogens with zero attached hydrogens (tertiary/aromatic N) is 2. The summed E-state index contributed by atoms with van der Waals surface area (Å²) in [5.41, 5.74) is 3.54. The molecule has 3 N–H and O–H groups in total. The molecule has 1 aromatic carbocycles. The fourth-order valence-corrected chi connectivity index (χ4v) is 3.23. The molecule has 0 saturated carbocycles. The lowest BCUT2D eigenvalue weighted by Crippen LogP contribution is -2.24. The van der Waals surface area contributed by atoms with E-state index in [1.54, 1.807) is 24.8 Å². The molecule has 1 atom stereocenters. The fourth-order valence-electron chi connectivity index (χ4n) is 3.23. The van der Waals surface area contributed by atoms with E-state index < -0.39 is 12.1 Å². The van der Waals surface area contributed by atoms with Crippen molar-refractivity contribution in [2.45, 2.75) is 25.2 Å². The SMILES string of the molecule is O=C(NCc1ccncc1O[C@H]1CCNC1)c1cccc(-c2ccncc2)c1.O=C(O)C(F)(F)F. The highest BCUT2D eigenvalue weighted by Crippen LogP contribution is 2.21. The zero-order chi connectivity index (χ0) is 25.3. The van der Waals surface area contributed by atoms with Gasteiger partial charge in [-0.15, -0.1) is 0 Å². The third-order valence-electron chi connectivity index (χ3n) is 5.00. The molecule has 1 amide bonds. The van der Waals surface area contributed by atoms with E-state index in [4.69, 9.17) is 14.6 Å². The van der Waals surface area contributed by atoms with Crippen LogP contribution in [0.4, 0.5) is 13.2 Å². The summed E-state index contributed by atoms with van der Waals surface area (Å²) in [6.07, 6.45) is 2.95. The molecule has 4 rings (SSSR count). The van der Waals surface area contributed by atoms with Crippen molar-refractivity contribution in [3.63, 3.8) is 0 Å². The minimum Gasteiger partial charge on any atom is -0.487 e. The van der Waals surface area contributed by atoms with Crippen LogP contribution < -0.4 is 15.4 Å². The number of hydrogen-bond donors (Lipinski definition) is 3. The summed E-state index contributed by atoms with van der Waals surface area (Å²) in [7, 11) is 0. The van der Waals surface area contributed by atoms with Crippen LogP contribution in [0.5, 0.6) is 5.75 Å². The monoisotopic (exact) mass is 488 g/mol. The van der Waals surface area contributed by atoms with Gasteiger partial charge in [0.1, 0.15) is 11.9 Å². The highest BCUT2D eigenvalue weighted by Gasteiger charge is 2.38. The molecule has 1 aliphatic rings. The van der Waals surface area contributed by atoms with E-state index >= 15 is 0 Å². The van der Waals surface area contributed by atoms with Gasteiger partial charge in [-0.3, -0.25) is 14.8 Å². The third kappa shape index (κ3) is 7.78. The molecule has 3 aromatic rings. The number of ether oxygens (including phenoxy) is 1. The summed E-state index contributed by atoms with van der Waals surface area (Å²) in [5.74, 6) is -2.16. The first-order valence-corrected chi connectivity index (χ1v) is 10.6. The van der Waals surface area contributed by atoms with Crippen molar-refractivity contribution in [1.29, 1.82) is 0 Å². The van der Waals surface area contributed by atoms with Crippen LogP contribution in [0.25, 0.3) is 11.1 Å². The van der Waals surface area contributed by atoms with E-state index in [1.165, 1.54) is 0 Å². The van der Waals surface area contributed by atoms with Crippen molar-refractivity contribution >= 4 is 11.9 Å². The first-order valence-electron chi connectivity index (χ1n) is 10.6. The number of nitrogens with one attached hydrogen (secondary N) is 2. The fraction of sp³-hybridized carbons (Fsp3) is 0.250. The molecule has 0 unspecified atom stereocenters. The number of alkyl halides is 3. The molecule has 0 spiro atoms. The average Bonchev–Trinajstić information content (AvgIpc) is 3.37. The van der Waals surface area contributed by atoms with Crippen molar-refractivity contribution in [2.75, 3.05) is 13.1 Å². The van der Waals surface area contributed by atoms with Gasteiger partial charge in [-0.2, -0.15) is 13.2 Å². The minimum atomic E-state index is -5.08. The predicted molar refractivity (Wildman–Crippen MR) is 121 cm³/mol. The van der Waals surface area contributed by atoms with Gasteiger partial charge in [0.2, 0.25) is 0 Å². The number of pyridine rings is 2. The maximum absolute atomic E-state index is 12.7. The molecule has 35 heavy (non-hydrogen) atoms. The first-order chi connectivity index (χ1) is 16.7. The lowest BCUT2D eigenvalue weighted by atomic mass is 10.0. The molecule has 1 saturated heterocycles. The molecular weight excluding hydrogens is 465 g/mol. The highest BCUT2D eigenvalue weighted by molar-refractivity contribution is 5.95. The van der Waals surface area contributed by atoms with Crippen LogP contribution in [0, 0.1) is 0 Å². The van der Waals surface area contributed by atoms with Crippen LogP contribution >= 0.6 is 0 Å². The lowest BCUT2D eigenvalue weighted by Gasteiger charge is -2.16. The summed E-state index contributed by atoms with van der Waals surface area (Å²) in [4.78, 5) is 29.8. The summed E-state index contributed by atoms with van der Waals surface area (Å²) in [6.45, 7) is 2.18. The number of rotatable bonds is 6. The predicted octanol–water partition coefficient (Wildman–Crippen LogP) is 3.45. The molecule has 184 valence electrons. The van der Waals surface area contributed by atoms with Gasteiger partial charge in [0.05, 0.1) is 6.20 Å². The van der Waals surface area contributed by atoms with Gasteiger partial charge in [-0.05, 0) is 54.4 Å². The van der Waals surface area contributed by atoms with Crippen LogP contribution in [-0.4, -0.2) is 52.3 Å². The Morgan fingerprint density at radius 3 is 2.46 bits per heavy atom. The number of aromatic nitrogens is 2. The molecule has 0 bridgehead atoms. The largest absolute Gasteiger partial charge is 0.490 e. The number of halogens is 3. The molecule has 2 aromatic heterocycles. The first kappa shape index (κ1) is 25.6. The standard InChI is InChI=1S/C22H22N4O2.C2HF3O2/c27-22(18-3-1-2-17(12-18)16-4-8-23-9-5-16)26-13-19-6-10-25-15-21(19)28-20-7-11-24-14-20;3-2(4,5)1(6)7/h1-6,8-10,12,15,20,24H,7,11,13-14H2,(H,26,27);(H,6,7)/t20-;/m0./s1. The molecule has 11 heteroatoms. The Balaban J connectivity index is 0.000000429. The number of carboxylic acids is 1. The van der Waals surface area contributed by atoms with Gasteiger partial charge >= 0.3 is 12.1 Å². The Morgan fingerprint density at radius 1 is 1.09 bits per heavy atom. The zero-order valence-electron chi connectivity index (χ0n) is 18.5. The molecule has 0 aliphatic carbocycles. The van der Waals surface area contributed by atoms with Crippen LogP contribution in [0.15, 0.2) is 67.3 Å². The second-order valence-electron chi connectivity index (χ2n) is 7.52. The van der Waals surface area contributed by atoms with Gasteiger partial charge in [-0.25, -0.2) is 4.79 Å². The zero-order valence-corrected chi connectivity index (χ0v) is 18.5. The van der Waals surface area contributed by atoms with Crippen LogP contribution in [0.1, 0.15) is 22.3 Å². The maximum Gasteiger partial charge on any atom is 0.490 e. The smallest absolute Gasteiger partial charge is 0.487 e. The molecule has 1 aliphatic heterocycles. The number of amides is 1. The highest BCUT2D eigenvalue weighted by atomic mass is 19.4. The summed E-state index contributed by atoms with van der Waals surface area (Å²) in [6, 6.07) is 13.3. The van der Waals surface area contributed by atoms with Gasteiger partial charge in [0, 0.05) is 42.8 Å². The normalized spacial score (nSPS) is 15.0. The lowest BCUT2D eigenvalue weighted by molar-refractivity contribution is -0.192. The van der Waals surface area contributed by atoms with E-state index in [1.807, 2.05) is 42.5 Å². The number of carbonyl (C=O) groups is 2. The number of carbonyl (C=O) groups excluding carboxylic acids is 1. The van der Waals surface area contributed by atoms with Crippen molar-refractivity contribution < 1.29 is 32.6 Å². The summed E-state index contributed by atoms with van der Waals surface area (Å²) in [5, 5.41) is 13.4. The van der Waals surface area contributed by atoms with Crippen LogP contribution in [0.2, 0.25) is 0 Å². The van der Waals surface area contributed by atoms with Crippen LogP contribution in [0.3, 0.4) is 0 Å². The number of carboxylic acid groups (broad SMARTS) is 1. The van der Waals surface area contributed by atoms with Crippen LogP contribution in [-0.2, 0) is 11.3 Å². The summed E-state index contributed by atoms with van der Waals surface area (Å²) >= 11 is 0. The van der Waals surface area contributed by atoms with Crippen molar-refractivity contribution in [3.05, 3.63) is 78.4 Å². The van der Waals surface area contributed by atoms with Gasteiger partial charge in [-0.1, -0.05) is 12.1 Å². The van der Waals surface area contributed by atoms with E-state index in [0.29, 0.717) is 12.1 Å². The van der Waals surface area contributed by atoms with E-state index in [9.17, 15) is 18.0 Å². The minimum absolute atomic E-state index is 0.124. The number of aliphatic carboxylic acids is 1. The van der Waals surface area contributed by atoms with E-state index in [-0.39, 0.29) is 12.0 Å². The van der Waals surface area contributed by atoms with Gasteiger partial charge in [0.25, 0.3) is 5.91 Å². The maximum atomic E-state index is 12.7. The molecule has 0 radical (unpaired) electrons. The van der Waals surface area contributed by atoms with Crippen molar-refractivity contribution in [1.82, 2.24) is 20.6 Å². The number of hydrogen-bond acceptors (Lipinski definition) is 6. The average molecular weight is 488 g/mol. The Hall–Kier alpha value is -3.99. The topological polar surface area (TPSA) is 113 Å². The Morgan fingerprint density at radius 2 is 1.80 bits per heavy atom. The second kappa shape index (κ2) is 11.9. The molecular formula is C24H23F3N4O4. The quantitative estimate of drug-likeness (QED) is 0.487. The van der Waals surface area contributed by atoms with Crippen molar-refractivity contribution in [3.8, 4) is 16.9 Å². The molecule has 8 nitrogen and oxygen atoms in total. The Bertz CT molecular complexity index is 1140. The molecule has 1 fully saturated rings. The number of benzene rings is 1. The van der Waals surface area contributed by atoms with E-state index in [0.717, 1.165) is 42.0 Å². The Kier molecular flexibility index (Phi) is 8.74. The molecule has 3 heterocycles. The van der Waals surface area contributed by atoms with Gasteiger partial charge in [0.15, 0.2) is 0 Å². The van der Waals surface area contributed by atoms with Gasteiger partial charge < -0.3 is 20.5 Å². The second-order valence-corrected chi connectivity index (χ2v) is 7.52.